The summed E-state index contributed by atoms with van der Waals surface area (Å²) in [6, 6.07) is 6.65. The van der Waals surface area contributed by atoms with E-state index >= 15 is 0 Å². The van der Waals surface area contributed by atoms with Crippen molar-refractivity contribution in [3.8, 4) is 5.75 Å². The summed E-state index contributed by atoms with van der Waals surface area (Å²) in [4.78, 5) is 24.1. The Bertz CT molecular complexity index is 526. The summed E-state index contributed by atoms with van der Waals surface area (Å²) < 4.78 is 5.05. The smallest absolute Gasteiger partial charge is 0.329 e. The highest BCUT2D eigenvalue weighted by Gasteiger charge is 2.46. The van der Waals surface area contributed by atoms with Gasteiger partial charge in [-0.05, 0) is 43.0 Å². The van der Waals surface area contributed by atoms with E-state index in [0.717, 1.165) is 19.3 Å². The minimum Gasteiger partial charge on any atom is -0.497 e. The largest absolute Gasteiger partial charge is 0.497 e. The van der Waals surface area contributed by atoms with Gasteiger partial charge in [0.1, 0.15) is 11.3 Å². The first kappa shape index (κ1) is 15.4. The first-order valence-corrected chi connectivity index (χ1v) is 7.19. The van der Waals surface area contributed by atoms with Crippen LogP contribution in [0.4, 0.5) is 0 Å². The molecule has 0 bridgehead atoms. The highest BCUT2D eigenvalue weighted by atomic mass is 16.5. The molecule has 114 valence electrons. The van der Waals surface area contributed by atoms with Crippen LogP contribution in [0.15, 0.2) is 24.3 Å². The summed E-state index contributed by atoms with van der Waals surface area (Å²) in [7, 11) is 1.55. The second kappa shape index (κ2) is 6.16. The lowest BCUT2D eigenvalue weighted by Crippen LogP contribution is -2.60. The molecule has 0 spiro atoms. The third-order valence-corrected chi connectivity index (χ3v) is 4.37. The van der Waals surface area contributed by atoms with Gasteiger partial charge in [-0.15, -0.1) is 0 Å². The first-order chi connectivity index (χ1) is 9.99. The van der Waals surface area contributed by atoms with Crippen molar-refractivity contribution in [1.29, 1.82) is 0 Å². The van der Waals surface area contributed by atoms with Gasteiger partial charge < -0.3 is 15.2 Å². The van der Waals surface area contributed by atoms with Crippen LogP contribution in [0.1, 0.15) is 43.0 Å². The number of carboxylic acid groups (broad SMARTS) is 1. The standard InChI is InChI=1S/C16H21NO4/c1-11-5-3-4-10-16(11,15(19)20)17-14(18)12-6-8-13(21-2)9-7-12/h6-9,11H,3-5,10H2,1-2H3,(H,17,18)(H,19,20). The zero-order chi connectivity index (χ0) is 15.5. The van der Waals surface area contributed by atoms with E-state index in [-0.39, 0.29) is 11.8 Å². The normalized spacial score (nSPS) is 25.1. The number of aliphatic carboxylic acids is 1. The molecule has 1 aromatic rings. The number of ether oxygens (including phenoxy) is 1. The van der Waals surface area contributed by atoms with Crippen LogP contribution < -0.4 is 10.1 Å². The lowest BCUT2D eigenvalue weighted by Gasteiger charge is -2.39. The predicted molar refractivity (Wildman–Crippen MR) is 78.5 cm³/mol. The number of methoxy groups -OCH3 is 1. The van der Waals surface area contributed by atoms with Gasteiger partial charge in [0.25, 0.3) is 5.91 Å². The van der Waals surface area contributed by atoms with Crippen molar-refractivity contribution >= 4 is 11.9 Å². The van der Waals surface area contributed by atoms with Gasteiger partial charge in [-0.1, -0.05) is 19.8 Å². The third-order valence-electron chi connectivity index (χ3n) is 4.37. The maximum Gasteiger partial charge on any atom is 0.329 e. The van der Waals surface area contributed by atoms with Crippen LogP contribution in [0.3, 0.4) is 0 Å². The van der Waals surface area contributed by atoms with Crippen molar-refractivity contribution in [2.45, 2.75) is 38.1 Å². The molecule has 2 rings (SSSR count). The fourth-order valence-electron chi connectivity index (χ4n) is 2.92. The average Bonchev–Trinajstić information content (AvgIpc) is 2.49. The molecular weight excluding hydrogens is 270 g/mol. The molecule has 0 radical (unpaired) electrons. The lowest BCUT2D eigenvalue weighted by molar-refractivity contribution is -0.148. The molecule has 2 unspecified atom stereocenters. The molecule has 1 fully saturated rings. The molecule has 0 aliphatic heterocycles. The highest BCUT2D eigenvalue weighted by molar-refractivity contribution is 5.98. The Morgan fingerprint density at radius 3 is 2.48 bits per heavy atom. The second-order valence-electron chi connectivity index (χ2n) is 5.61. The number of nitrogens with one attached hydrogen (secondary N) is 1. The van der Waals surface area contributed by atoms with Crippen LogP contribution in [0.25, 0.3) is 0 Å². The van der Waals surface area contributed by atoms with E-state index in [4.69, 9.17) is 4.74 Å². The van der Waals surface area contributed by atoms with Crippen LogP contribution in [0, 0.1) is 5.92 Å². The molecule has 5 nitrogen and oxygen atoms in total. The van der Waals surface area contributed by atoms with Gasteiger partial charge in [-0.25, -0.2) is 4.79 Å². The van der Waals surface area contributed by atoms with Gasteiger partial charge in [0.15, 0.2) is 0 Å². The van der Waals surface area contributed by atoms with E-state index < -0.39 is 11.5 Å². The average molecular weight is 291 g/mol. The molecule has 1 aliphatic carbocycles. The molecule has 1 amide bonds. The van der Waals surface area contributed by atoms with E-state index in [2.05, 4.69) is 5.32 Å². The zero-order valence-electron chi connectivity index (χ0n) is 12.4. The SMILES string of the molecule is COc1ccc(C(=O)NC2(C(=O)O)CCCCC2C)cc1. The maximum absolute atomic E-state index is 12.4. The monoisotopic (exact) mass is 291 g/mol. The van der Waals surface area contributed by atoms with Gasteiger partial charge in [0, 0.05) is 5.56 Å². The molecule has 0 heterocycles. The topological polar surface area (TPSA) is 75.6 Å². The molecule has 1 saturated carbocycles. The minimum atomic E-state index is -1.16. The number of amides is 1. The van der Waals surface area contributed by atoms with Crippen molar-refractivity contribution in [2.75, 3.05) is 7.11 Å². The van der Waals surface area contributed by atoms with Crippen molar-refractivity contribution in [3.63, 3.8) is 0 Å². The first-order valence-electron chi connectivity index (χ1n) is 7.19. The van der Waals surface area contributed by atoms with Gasteiger partial charge in [-0.3, -0.25) is 4.79 Å². The van der Waals surface area contributed by atoms with Gasteiger partial charge in [0.05, 0.1) is 7.11 Å². The van der Waals surface area contributed by atoms with Crippen LogP contribution >= 0.6 is 0 Å². The van der Waals surface area contributed by atoms with Gasteiger partial charge >= 0.3 is 5.97 Å². The van der Waals surface area contributed by atoms with Crippen molar-refractivity contribution in [3.05, 3.63) is 29.8 Å². The Kier molecular flexibility index (Phi) is 4.50. The van der Waals surface area contributed by atoms with Gasteiger partial charge in [0.2, 0.25) is 0 Å². The second-order valence-corrected chi connectivity index (χ2v) is 5.61. The maximum atomic E-state index is 12.4. The zero-order valence-corrected chi connectivity index (χ0v) is 12.4. The van der Waals surface area contributed by atoms with E-state index in [1.165, 1.54) is 0 Å². The van der Waals surface area contributed by atoms with Crippen LogP contribution in [-0.4, -0.2) is 29.6 Å². The molecule has 1 aromatic carbocycles. The number of carboxylic acids is 1. The summed E-state index contributed by atoms with van der Waals surface area (Å²) in [5.41, 5.74) is -0.718. The lowest BCUT2D eigenvalue weighted by atomic mass is 9.73. The summed E-state index contributed by atoms with van der Waals surface area (Å²) in [5, 5.41) is 12.4. The molecule has 0 saturated heterocycles. The molecule has 2 N–H and O–H groups in total. The summed E-state index contributed by atoms with van der Waals surface area (Å²) in [6.45, 7) is 1.89. The molecule has 21 heavy (non-hydrogen) atoms. The molecule has 2 atom stereocenters. The molecule has 0 aromatic heterocycles. The fraction of sp³-hybridized carbons (Fsp3) is 0.500. The number of carbonyl (C=O) groups is 2. The van der Waals surface area contributed by atoms with Crippen LogP contribution in [0.2, 0.25) is 0 Å². The Hall–Kier alpha value is -2.04. The summed E-state index contributed by atoms with van der Waals surface area (Å²) >= 11 is 0. The van der Waals surface area contributed by atoms with Crippen LogP contribution in [0.5, 0.6) is 5.75 Å². The van der Waals surface area contributed by atoms with Gasteiger partial charge in [-0.2, -0.15) is 0 Å². The molecular formula is C16H21NO4. The highest BCUT2D eigenvalue weighted by Crippen LogP contribution is 2.34. The van der Waals surface area contributed by atoms with E-state index in [0.29, 0.717) is 17.7 Å². The van der Waals surface area contributed by atoms with Crippen molar-refractivity contribution < 1.29 is 19.4 Å². The predicted octanol–water partition coefficient (Wildman–Crippen LogP) is 2.46. The van der Waals surface area contributed by atoms with Crippen molar-refractivity contribution in [2.24, 2.45) is 5.92 Å². The number of rotatable bonds is 4. The van der Waals surface area contributed by atoms with E-state index in [1.54, 1.807) is 31.4 Å². The number of benzene rings is 1. The summed E-state index contributed by atoms with van der Waals surface area (Å²) in [5.74, 6) is -0.721. The number of hydrogen-bond acceptors (Lipinski definition) is 3. The quantitative estimate of drug-likeness (QED) is 0.893. The third kappa shape index (κ3) is 3.01. The molecule has 5 heteroatoms. The summed E-state index contributed by atoms with van der Waals surface area (Å²) in [6.07, 6.45) is 3.12. The Balaban J connectivity index is 2.19. The van der Waals surface area contributed by atoms with Crippen LogP contribution in [-0.2, 0) is 4.79 Å². The Morgan fingerprint density at radius 1 is 1.29 bits per heavy atom. The number of hydrogen-bond donors (Lipinski definition) is 2. The van der Waals surface area contributed by atoms with Crippen molar-refractivity contribution in [1.82, 2.24) is 5.32 Å². The number of carbonyl (C=O) groups excluding carboxylic acids is 1. The molecule has 1 aliphatic rings. The minimum absolute atomic E-state index is 0.0778. The van der Waals surface area contributed by atoms with E-state index in [1.807, 2.05) is 6.92 Å². The Morgan fingerprint density at radius 2 is 1.95 bits per heavy atom. The fourth-order valence-corrected chi connectivity index (χ4v) is 2.92. The Labute approximate surface area is 124 Å². The van der Waals surface area contributed by atoms with E-state index in [9.17, 15) is 14.7 Å².